The van der Waals surface area contributed by atoms with Gasteiger partial charge in [0.05, 0.1) is 23.5 Å². The van der Waals surface area contributed by atoms with Gasteiger partial charge in [-0.2, -0.15) is 5.10 Å². The number of amides is 2. The Balaban J connectivity index is 1.26. The molecule has 2 amide bonds. The summed E-state index contributed by atoms with van der Waals surface area (Å²) >= 11 is 1.59. The summed E-state index contributed by atoms with van der Waals surface area (Å²) in [4.78, 5) is 31.0. The van der Waals surface area contributed by atoms with E-state index in [1.807, 2.05) is 47.5 Å². The number of aromatic amines is 1. The summed E-state index contributed by atoms with van der Waals surface area (Å²) in [6, 6.07) is 16.5. The molecule has 1 unspecified atom stereocenters. The minimum Gasteiger partial charge on any atom is -0.343 e. The van der Waals surface area contributed by atoms with Crippen LogP contribution < -0.4 is 5.32 Å². The van der Waals surface area contributed by atoms with Crippen LogP contribution in [0.2, 0.25) is 0 Å². The van der Waals surface area contributed by atoms with Crippen LogP contribution in [0, 0.1) is 12.8 Å². The average molecular weight is 570 g/mol. The number of anilines is 1. The number of aromatic nitrogens is 2. The Morgan fingerprint density at radius 1 is 1.15 bits per heavy atom. The molecule has 2 N–H and O–H groups in total. The van der Waals surface area contributed by atoms with Crippen LogP contribution in [0.4, 0.5) is 5.69 Å². The molecule has 41 heavy (non-hydrogen) atoms. The number of carbonyl (C=O) groups is 2. The van der Waals surface area contributed by atoms with Gasteiger partial charge < -0.3 is 10.2 Å². The zero-order valence-electron chi connectivity index (χ0n) is 24.2. The van der Waals surface area contributed by atoms with Crippen molar-refractivity contribution in [2.75, 3.05) is 31.5 Å². The summed E-state index contributed by atoms with van der Waals surface area (Å²) < 4.78 is 0. The first-order valence-electron chi connectivity index (χ1n) is 14.5. The van der Waals surface area contributed by atoms with Crippen molar-refractivity contribution in [3.8, 4) is 0 Å². The van der Waals surface area contributed by atoms with Crippen LogP contribution in [0.15, 0.2) is 53.9 Å². The molecule has 8 heteroatoms. The van der Waals surface area contributed by atoms with Gasteiger partial charge in [0.1, 0.15) is 0 Å². The van der Waals surface area contributed by atoms with E-state index < -0.39 is 0 Å². The topological polar surface area (TPSA) is 81.3 Å². The molecule has 1 aliphatic heterocycles. The van der Waals surface area contributed by atoms with Crippen LogP contribution in [-0.4, -0.2) is 58.0 Å². The zero-order valence-corrected chi connectivity index (χ0v) is 25.0. The van der Waals surface area contributed by atoms with Gasteiger partial charge in [0, 0.05) is 42.1 Å². The highest BCUT2D eigenvalue weighted by Gasteiger charge is 2.28. The molecule has 0 spiro atoms. The molecule has 0 aliphatic carbocycles. The molecule has 1 atom stereocenters. The number of hydrogen-bond donors (Lipinski definition) is 2. The van der Waals surface area contributed by atoms with Gasteiger partial charge in [-0.3, -0.25) is 19.6 Å². The second-order valence-corrected chi connectivity index (χ2v) is 11.8. The highest BCUT2D eigenvalue weighted by atomic mass is 32.1. The monoisotopic (exact) mass is 569 g/mol. The third kappa shape index (κ3) is 7.13. The van der Waals surface area contributed by atoms with Crippen LogP contribution >= 0.6 is 11.3 Å². The molecular formula is C33H39N5O2S. The Bertz CT molecular complexity index is 1520. The van der Waals surface area contributed by atoms with Gasteiger partial charge in [0.25, 0.3) is 0 Å². The highest BCUT2D eigenvalue weighted by molar-refractivity contribution is 7.10. The van der Waals surface area contributed by atoms with Gasteiger partial charge in [-0.05, 0) is 86.5 Å². The number of carbonyl (C=O) groups excluding carboxylic acids is 2. The van der Waals surface area contributed by atoms with Crippen LogP contribution in [-0.2, 0) is 22.6 Å². The number of H-pyrrole nitrogens is 1. The van der Waals surface area contributed by atoms with E-state index in [0.29, 0.717) is 12.3 Å². The van der Waals surface area contributed by atoms with Gasteiger partial charge in [-0.15, -0.1) is 11.3 Å². The molecule has 2 aromatic heterocycles. The number of likely N-dealkylation sites (tertiary alicyclic amines) is 1. The van der Waals surface area contributed by atoms with Gasteiger partial charge in [-0.25, -0.2) is 0 Å². The predicted molar refractivity (Wildman–Crippen MR) is 169 cm³/mol. The van der Waals surface area contributed by atoms with Crippen LogP contribution in [0.1, 0.15) is 54.0 Å². The van der Waals surface area contributed by atoms with E-state index in [0.717, 1.165) is 83.9 Å². The van der Waals surface area contributed by atoms with Crippen molar-refractivity contribution in [2.45, 2.75) is 46.6 Å². The minimum absolute atomic E-state index is 0.0234. The lowest BCUT2D eigenvalue weighted by Crippen LogP contribution is -2.44. The Labute approximate surface area is 246 Å². The van der Waals surface area contributed by atoms with E-state index in [-0.39, 0.29) is 11.8 Å². The predicted octanol–water partition coefficient (Wildman–Crippen LogP) is 6.36. The Morgan fingerprint density at radius 2 is 2.00 bits per heavy atom. The fourth-order valence-electron chi connectivity index (χ4n) is 5.64. The van der Waals surface area contributed by atoms with Gasteiger partial charge in [-0.1, -0.05) is 36.4 Å². The number of piperidine rings is 1. The number of rotatable bonds is 10. The van der Waals surface area contributed by atoms with E-state index in [1.54, 1.807) is 11.3 Å². The number of hydrogen-bond acceptors (Lipinski definition) is 5. The summed E-state index contributed by atoms with van der Waals surface area (Å²) in [7, 11) is 0. The molecule has 2 aromatic carbocycles. The van der Waals surface area contributed by atoms with Crippen molar-refractivity contribution >= 4 is 51.9 Å². The quantitative estimate of drug-likeness (QED) is 0.233. The smallest absolute Gasteiger partial charge is 0.229 e. The molecule has 3 heterocycles. The largest absolute Gasteiger partial charge is 0.343 e. The van der Waals surface area contributed by atoms with Crippen LogP contribution in [0.5, 0.6) is 0 Å². The number of aryl methyl sites for hydroxylation is 1. The van der Waals surface area contributed by atoms with E-state index in [1.165, 1.54) is 5.56 Å². The number of nitrogens with zero attached hydrogens (tertiary/aromatic N) is 3. The molecule has 7 nitrogen and oxygen atoms in total. The first kappa shape index (κ1) is 28.8. The number of fused-ring (bicyclic) bond motifs is 1. The fraction of sp³-hybridized carbons (Fsp3) is 0.364. The molecule has 4 aromatic rings. The maximum Gasteiger partial charge on any atom is 0.229 e. The molecule has 5 rings (SSSR count). The van der Waals surface area contributed by atoms with E-state index >= 15 is 0 Å². The minimum atomic E-state index is -0.0234. The Morgan fingerprint density at radius 3 is 2.78 bits per heavy atom. The summed E-state index contributed by atoms with van der Waals surface area (Å²) in [5.74, 6) is 0.362. The summed E-state index contributed by atoms with van der Waals surface area (Å²) in [5.41, 5.74) is 5.89. The zero-order chi connectivity index (χ0) is 28.8. The summed E-state index contributed by atoms with van der Waals surface area (Å²) in [6.07, 6.45) is 6.50. The van der Waals surface area contributed by atoms with E-state index in [4.69, 9.17) is 0 Å². The summed E-state index contributed by atoms with van der Waals surface area (Å²) in [6.45, 7) is 10.3. The second kappa shape index (κ2) is 13.3. The van der Waals surface area contributed by atoms with E-state index in [2.05, 4.69) is 64.6 Å². The molecule has 1 fully saturated rings. The lowest BCUT2D eigenvalue weighted by atomic mass is 9.96. The Kier molecular flexibility index (Phi) is 9.31. The number of thiophene rings is 1. The van der Waals surface area contributed by atoms with E-state index in [9.17, 15) is 9.59 Å². The first-order chi connectivity index (χ1) is 19.9. The van der Waals surface area contributed by atoms with Gasteiger partial charge in [0.15, 0.2) is 0 Å². The standard InChI is InChI=1S/C33H39N5O2S/c1-4-38(5-2)33(40)26-11-7-15-37(22-26)21-25-10-6-9-24(18-25)13-14-29-28-20-30(23(3)17-31(28)36-35-29)34-32(39)19-27-12-8-16-41-27/h6,8-10,12-14,16-18,20,26H,4-5,7,11,15,19,21-22H2,1-3H3,(H,34,39)(H,35,36)/b14-13+. The lowest BCUT2D eigenvalue weighted by molar-refractivity contribution is -0.137. The molecule has 1 saturated heterocycles. The SMILES string of the molecule is CCN(CC)C(=O)C1CCCN(Cc2cccc(/C=C/c3n[nH]c4cc(C)c(NC(=O)Cc5cccs5)cc34)c2)C1. The van der Waals surface area contributed by atoms with Crippen LogP contribution in [0.25, 0.3) is 23.1 Å². The highest BCUT2D eigenvalue weighted by Crippen LogP contribution is 2.27. The van der Waals surface area contributed by atoms with Crippen molar-refractivity contribution in [1.82, 2.24) is 20.0 Å². The van der Waals surface area contributed by atoms with Gasteiger partial charge in [0.2, 0.25) is 11.8 Å². The summed E-state index contributed by atoms with van der Waals surface area (Å²) in [5, 5.41) is 13.7. The molecule has 214 valence electrons. The third-order valence-electron chi connectivity index (χ3n) is 7.85. The molecule has 0 saturated carbocycles. The normalized spacial score (nSPS) is 15.9. The lowest BCUT2D eigenvalue weighted by Gasteiger charge is -2.34. The van der Waals surface area contributed by atoms with Crippen molar-refractivity contribution in [2.24, 2.45) is 5.92 Å². The third-order valence-corrected chi connectivity index (χ3v) is 8.72. The van der Waals surface area contributed by atoms with Crippen molar-refractivity contribution in [1.29, 1.82) is 0 Å². The molecule has 0 radical (unpaired) electrons. The van der Waals surface area contributed by atoms with Crippen molar-refractivity contribution < 1.29 is 9.59 Å². The number of benzene rings is 2. The fourth-order valence-corrected chi connectivity index (χ4v) is 6.35. The average Bonchev–Trinajstić information content (AvgIpc) is 3.62. The van der Waals surface area contributed by atoms with Crippen LogP contribution in [0.3, 0.4) is 0 Å². The number of nitrogens with one attached hydrogen (secondary N) is 2. The van der Waals surface area contributed by atoms with Crippen molar-refractivity contribution in [3.63, 3.8) is 0 Å². The molecular weight excluding hydrogens is 530 g/mol. The maximum absolute atomic E-state index is 12.9. The maximum atomic E-state index is 12.9. The Hall–Kier alpha value is -3.75. The van der Waals surface area contributed by atoms with Crippen molar-refractivity contribution in [3.05, 3.63) is 81.2 Å². The van der Waals surface area contributed by atoms with Gasteiger partial charge >= 0.3 is 0 Å². The molecule has 0 bridgehead atoms. The second-order valence-electron chi connectivity index (χ2n) is 10.8. The molecule has 1 aliphatic rings. The first-order valence-corrected chi connectivity index (χ1v) is 15.4.